The van der Waals surface area contributed by atoms with E-state index in [0.717, 1.165) is 6.54 Å². The lowest BCUT2D eigenvalue weighted by Crippen LogP contribution is -2.42. The fourth-order valence-corrected chi connectivity index (χ4v) is 2.10. The minimum absolute atomic E-state index is 0.385. The predicted octanol–water partition coefficient (Wildman–Crippen LogP) is 0.738. The van der Waals surface area contributed by atoms with Crippen LogP contribution in [0.4, 0.5) is 0 Å². The fourth-order valence-electron chi connectivity index (χ4n) is 2.10. The summed E-state index contributed by atoms with van der Waals surface area (Å²) in [6, 6.07) is 0.939. The molecule has 0 bridgehead atoms. The molecule has 0 aromatic carbocycles. The van der Waals surface area contributed by atoms with Crippen molar-refractivity contribution in [2.45, 2.75) is 31.3 Å². The molecule has 0 spiro atoms. The summed E-state index contributed by atoms with van der Waals surface area (Å²) in [5.74, 6) is 0. The average molecular weight is 152 g/mol. The quantitative estimate of drug-likeness (QED) is 0.519. The third kappa shape index (κ3) is 1.33. The van der Waals surface area contributed by atoms with Crippen LogP contribution in [-0.4, -0.2) is 30.1 Å². The first-order chi connectivity index (χ1) is 5.38. The molecule has 2 atom stereocenters. The van der Waals surface area contributed by atoms with Crippen molar-refractivity contribution < 1.29 is 0 Å². The van der Waals surface area contributed by atoms with Gasteiger partial charge in [-0.05, 0) is 19.4 Å². The standard InChI is InChI=1S/C9H16N2/c10-8-4-1-2-6-11-7-3-5-9(8)11/h3,5,8-9H,1-2,4,6-7,10H2. The number of hydrogen-bond acceptors (Lipinski definition) is 2. The minimum atomic E-state index is 0.385. The van der Waals surface area contributed by atoms with E-state index >= 15 is 0 Å². The zero-order valence-corrected chi connectivity index (χ0v) is 6.87. The largest absolute Gasteiger partial charge is 0.326 e. The van der Waals surface area contributed by atoms with Crippen LogP contribution in [0.15, 0.2) is 12.2 Å². The number of rotatable bonds is 0. The Kier molecular flexibility index (Phi) is 1.96. The van der Waals surface area contributed by atoms with E-state index in [9.17, 15) is 0 Å². The van der Waals surface area contributed by atoms with E-state index in [-0.39, 0.29) is 0 Å². The molecule has 2 heterocycles. The van der Waals surface area contributed by atoms with Gasteiger partial charge in [0.2, 0.25) is 0 Å². The van der Waals surface area contributed by atoms with Gasteiger partial charge in [0.25, 0.3) is 0 Å². The van der Waals surface area contributed by atoms with Crippen molar-refractivity contribution in [2.75, 3.05) is 13.1 Å². The van der Waals surface area contributed by atoms with Crippen molar-refractivity contribution >= 4 is 0 Å². The first kappa shape index (κ1) is 7.32. The van der Waals surface area contributed by atoms with Crippen LogP contribution in [-0.2, 0) is 0 Å². The summed E-state index contributed by atoms with van der Waals surface area (Å²) in [6.07, 6.45) is 8.35. The van der Waals surface area contributed by atoms with Crippen LogP contribution in [0.2, 0.25) is 0 Å². The van der Waals surface area contributed by atoms with Gasteiger partial charge in [-0.1, -0.05) is 18.6 Å². The van der Waals surface area contributed by atoms with Gasteiger partial charge >= 0.3 is 0 Å². The molecule has 2 aliphatic rings. The second-order valence-electron chi connectivity index (χ2n) is 3.57. The monoisotopic (exact) mass is 152 g/mol. The van der Waals surface area contributed by atoms with Gasteiger partial charge in [0.05, 0.1) is 0 Å². The van der Waals surface area contributed by atoms with Crippen molar-refractivity contribution in [3.8, 4) is 0 Å². The molecule has 11 heavy (non-hydrogen) atoms. The molecule has 0 amide bonds. The molecular weight excluding hydrogens is 136 g/mol. The SMILES string of the molecule is NC1CCCCN2CC=CC12. The van der Waals surface area contributed by atoms with E-state index < -0.39 is 0 Å². The molecule has 0 saturated carbocycles. The van der Waals surface area contributed by atoms with Crippen molar-refractivity contribution in [1.29, 1.82) is 0 Å². The van der Waals surface area contributed by atoms with E-state index in [1.807, 2.05) is 0 Å². The lowest BCUT2D eigenvalue weighted by Gasteiger charge is -2.25. The van der Waals surface area contributed by atoms with Crippen LogP contribution >= 0.6 is 0 Å². The zero-order chi connectivity index (χ0) is 7.68. The van der Waals surface area contributed by atoms with Gasteiger partial charge in [-0.2, -0.15) is 0 Å². The molecule has 2 heteroatoms. The highest BCUT2D eigenvalue weighted by Crippen LogP contribution is 2.20. The van der Waals surface area contributed by atoms with Crippen LogP contribution in [0.1, 0.15) is 19.3 Å². The molecule has 0 aromatic rings. The molecule has 1 saturated heterocycles. The highest BCUT2D eigenvalue weighted by molar-refractivity contribution is 5.08. The van der Waals surface area contributed by atoms with Crippen LogP contribution in [0.5, 0.6) is 0 Å². The van der Waals surface area contributed by atoms with E-state index in [4.69, 9.17) is 5.73 Å². The van der Waals surface area contributed by atoms with Gasteiger partial charge in [-0.3, -0.25) is 4.90 Å². The van der Waals surface area contributed by atoms with Crippen LogP contribution < -0.4 is 5.73 Å². The Morgan fingerprint density at radius 3 is 3.18 bits per heavy atom. The molecule has 0 aliphatic carbocycles. The van der Waals surface area contributed by atoms with E-state index in [1.54, 1.807) is 0 Å². The number of fused-ring (bicyclic) bond motifs is 1. The van der Waals surface area contributed by atoms with Gasteiger partial charge in [0, 0.05) is 18.6 Å². The Morgan fingerprint density at radius 2 is 2.27 bits per heavy atom. The summed E-state index contributed by atoms with van der Waals surface area (Å²) < 4.78 is 0. The van der Waals surface area contributed by atoms with Crippen molar-refractivity contribution in [3.05, 3.63) is 12.2 Å². The molecule has 0 radical (unpaired) electrons. The Balaban J connectivity index is 2.08. The summed E-state index contributed by atoms with van der Waals surface area (Å²) in [7, 11) is 0. The van der Waals surface area contributed by atoms with Crippen molar-refractivity contribution in [1.82, 2.24) is 4.90 Å². The van der Waals surface area contributed by atoms with Crippen LogP contribution in [0, 0.1) is 0 Å². The first-order valence-corrected chi connectivity index (χ1v) is 4.54. The Bertz CT molecular complexity index is 165. The smallest absolute Gasteiger partial charge is 0.0433 e. The third-order valence-electron chi connectivity index (χ3n) is 2.77. The summed E-state index contributed by atoms with van der Waals surface area (Å²) in [4.78, 5) is 2.48. The second-order valence-corrected chi connectivity index (χ2v) is 3.57. The summed E-state index contributed by atoms with van der Waals surface area (Å²) >= 11 is 0. The molecule has 0 aromatic heterocycles. The molecule has 2 rings (SSSR count). The molecule has 1 fully saturated rings. The fraction of sp³-hybridized carbons (Fsp3) is 0.778. The Morgan fingerprint density at radius 1 is 1.36 bits per heavy atom. The lowest BCUT2D eigenvalue weighted by atomic mass is 10.1. The maximum Gasteiger partial charge on any atom is 0.0433 e. The van der Waals surface area contributed by atoms with E-state index in [1.165, 1.54) is 25.8 Å². The van der Waals surface area contributed by atoms with Gasteiger partial charge in [0.1, 0.15) is 0 Å². The predicted molar refractivity (Wildman–Crippen MR) is 46.3 cm³/mol. The lowest BCUT2D eigenvalue weighted by molar-refractivity contribution is 0.261. The summed E-state index contributed by atoms with van der Waals surface area (Å²) in [5, 5.41) is 0. The molecule has 2 unspecified atom stereocenters. The van der Waals surface area contributed by atoms with E-state index in [0.29, 0.717) is 12.1 Å². The topological polar surface area (TPSA) is 29.3 Å². The Hall–Kier alpha value is -0.340. The Labute approximate surface area is 68.1 Å². The second kappa shape index (κ2) is 2.95. The molecule has 2 N–H and O–H groups in total. The van der Waals surface area contributed by atoms with Gasteiger partial charge < -0.3 is 5.73 Å². The first-order valence-electron chi connectivity index (χ1n) is 4.54. The maximum absolute atomic E-state index is 6.03. The summed E-state index contributed by atoms with van der Waals surface area (Å²) in [5.41, 5.74) is 6.03. The average Bonchev–Trinajstić information content (AvgIpc) is 2.40. The minimum Gasteiger partial charge on any atom is -0.326 e. The van der Waals surface area contributed by atoms with Gasteiger partial charge in [-0.15, -0.1) is 0 Å². The zero-order valence-electron chi connectivity index (χ0n) is 6.87. The number of hydrogen-bond donors (Lipinski definition) is 1. The number of nitrogens with two attached hydrogens (primary N) is 1. The normalized spacial score (nSPS) is 38.6. The highest BCUT2D eigenvalue weighted by Gasteiger charge is 2.26. The molecule has 2 nitrogen and oxygen atoms in total. The van der Waals surface area contributed by atoms with Crippen molar-refractivity contribution in [3.63, 3.8) is 0 Å². The van der Waals surface area contributed by atoms with Gasteiger partial charge in [0.15, 0.2) is 0 Å². The molecular formula is C9H16N2. The summed E-state index contributed by atoms with van der Waals surface area (Å²) in [6.45, 7) is 2.36. The molecule has 2 aliphatic heterocycles. The highest BCUT2D eigenvalue weighted by atomic mass is 15.2. The van der Waals surface area contributed by atoms with E-state index in [2.05, 4.69) is 17.1 Å². The molecule has 62 valence electrons. The van der Waals surface area contributed by atoms with Crippen molar-refractivity contribution in [2.24, 2.45) is 5.73 Å². The van der Waals surface area contributed by atoms with Crippen LogP contribution in [0.25, 0.3) is 0 Å². The van der Waals surface area contributed by atoms with Gasteiger partial charge in [-0.25, -0.2) is 0 Å². The number of nitrogens with zero attached hydrogens (tertiary/aromatic N) is 1. The third-order valence-corrected chi connectivity index (χ3v) is 2.77. The van der Waals surface area contributed by atoms with Crippen LogP contribution in [0.3, 0.4) is 0 Å². The maximum atomic E-state index is 6.03.